The molecule has 2 aromatic rings. The molecule has 3 N–H and O–H groups in total. The van der Waals surface area contributed by atoms with Gasteiger partial charge in [-0.2, -0.15) is 0 Å². The van der Waals surface area contributed by atoms with Crippen molar-refractivity contribution in [2.24, 2.45) is 4.99 Å². The first kappa shape index (κ1) is 23.3. The summed E-state index contributed by atoms with van der Waals surface area (Å²) in [5.74, 6) is 0.753. The summed E-state index contributed by atoms with van der Waals surface area (Å²) in [5, 5.41) is 17.1. The number of aliphatic imine (C=N–C) groups is 1. The van der Waals surface area contributed by atoms with E-state index in [0.717, 1.165) is 37.6 Å². The summed E-state index contributed by atoms with van der Waals surface area (Å²) < 4.78 is 5.63. The van der Waals surface area contributed by atoms with Gasteiger partial charge in [0.25, 0.3) is 0 Å². The van der Waals surface area contributed by atoms with E-state index in [2.05, 4.69) is 64.7 Å². The molecule has 0 radical (unpaired) electrons. The Bertz CT molecular complexity index is 785. The standard InChI is InChI=1S/C25H36N4O2/c1-3-26-25(27-15-24(30)19-31-18-22-12-8-5-9-13-22)28-23-14-20(2)29(17-23)16-21-10-6-4-7-11-21/h4-13,20,23-24,30H,3,14-19H2,1-2H3,(H2,26,27,28). The Morgan fingerprint density at radius 2 is 1.81 bits per heavy atom. The molecule has 0 aromatic heterocycles. The second-order valence-corrected chi connectivity index (χ2v) is 8.22. The van der Waals surface area contributed by atoms with Gasteiger partial charge in [-0.15, -0.1) is 0 Å². The van der Waals surface area contributed by atoms with Crippen LogP contribution in [-0.4, -0.2) is 60.4 Å². The average molecular weight is 425 g/mol. The molecule has 1 aliphatic heterocycles. The molecule has 6 nitrogen and oxygen atoms in total. The minimum Gasteiger partial charge on any atom is -0.389 e. The van der Waals surface area contributed by atoms with Gasteiger partial charge in [0.15, 0.2) is 5.96 Å². The number of rotatable bonds is 10. The molecule has 1 fully saturated rings. The minimum absolute atomic E-state index is 0.267. The van der Waals surface area contributed by atoms with E-state index in [1.807, 2.05) is 30.3 Å². The summed E-state index contributed by atoms with van der Waals surface area (Å²) >= 11 is 0. The van der Waals surface area contributed by atoms with E-state index in [0.29, 0.717) is 25.2 Å². The number of nitrogens with one attached hydrogen (secondary N) is 2. The lowest BCUT2D eigenvalue weighted by atomic mass is 10.2. The lowest BCUT2D eigenvalue weighted by Gasteiger charge is -2.21. The van der Waals surface area contributed by atoms with Crippen molar-refractivity contribution < 1.29 is 9.84 Å². The molecule has 1 heterocycles. The van der Waals surface area contributed by atoms with Crippen LogP contribution in [0.15, 0.2) is 65.7 Å². The Morgan fingerprint density at radius 1 is 1.13 bits per heavy atom. The average Bonchev–Trinajstić information content (AvgIpc) is 3.12. The monoisotopic (exact) mass is 424 g/mol. The first-order valence-corrected chi connectivity index (χ1v) is 11.3. The lowest BCUT2D eigenvalue weighted by molar-refractivity contribution is 0.0331. The van der Waals surface area contributed by atoms with Crippen molar-refractivity contribution in [2.75, 3.05) is 26.2 Å². The van der Waals surface area contributed by atoms with Crippen LogP contribution in [0.2, 0.25) is 0 Å². The first-order chi connectivity index (χ1) is 15.1. The Labute approximate surface area is 186 Å². The molecular weight excluding hydrogens is 388 g/mol. The second-order valence-electron chi connectivity index (χ2n) is 8.22. The summed E-state index contributed by atoms with van der Waals surface area (Å²) in [6, 6.07) is 21.4. The number of likely N-dealkylation sites (tertiary alicyclic amines) is 1. The largest absolute Gasteiger partial charge is 0.389 e. The Morgan fingerprint density at radius 3 is 2.48 bits per heavy atom. The third kappa shape index (κ3) is 7.98. The van der Waals surface area contributed by atoms with Gasteiger partial charge in [-0.3, -0.25) is 9.89 Å². The van der Waals surface area contributed by atoms with Crippen molar-refractivity contribution in [2.45, 2.75) is 51.6 Å². The quantitative estimate of drug-likeness (QED) is 0.404. The maximum Gasteiger partial charge on any atom is 0.191 e. The van der Waals surface area contributed by atoms with Crippen LogP contribution in [0.3, 0.4) is 0 Å². The zero-order valence-corrected chi connectivity index (χ0v) is 18.7. The minimum atomic E-state index is -0.628. The molecular formula is C25H36N4O2. The maximum atomic E-state index is 10.3. The number of aliphatic hydroxyl groups is 1. The van der Waals surface area contributed by atoms with Crippen LogP contribution >= 0.6 is 0 Å². The van der Waals surface area contributed by atoms with Gasteiger partial charge in [-0.25, -0.2) is 0 Å². The van der Waals surface area contributed by atoms with Gasteiger partial charge in [0, 0.05) is 31.7 Å². The third-order valence-corrected chi connectivity index (χ3v) is 5.50. The van der Waals surface area contributed by atoms with E-state index in [4.69, 9.17) is 4.74 Å². The fourth-order valence-corrected chi connectivity index (χ4v) is 3.89. The van der Waals surface area contributed by atoms with Crippen molar-refractivity contribution in [3.63, 3.8) is 0 Å². The number of hydrogen-bond acceptors (Lipinski definition) is 4. The van der Waals surface area contributed by atoms with Crippen LogP contribution in [-0.2, 0) is 17.9 Å². The normalized spacial score (nSPS) is 20.5. The van der Waals surface area contributed by atoms with E-state index in [1.54, 1.807) is 0 Å². The summed E-state index contributed by atoms with van der Waals surface area (Å²) in [6.45, 7) is 8.12. The highest BCUT2D eigenvalue weighted by molar-refractivity contribution is 5.80. The van der Waals surface area contributed by atoms with Gasteiger partial charge < -0.3 is 20.5 Å². The molecule has 3 rings (SSSR count). The Balaban J connectivity index is 1.44. The number of hydrogen-bond donors (Lipinski definition) is 3. The fourth-order valence-electron chi connectivity index (χ4n) is 3.89. The molecule has 0 saturated carbocycles. The van der Waals surface area contributed by atoms with Gasteiger partial charge >= 0.3 is 0 Å². The number of benzene rings is 2. The molecule has 0 amide bonds. The number of ether oxygens (including phenoxy) is 1. The van der Waals surface area contributed by atoms with Crippen LogP contribution < -0.4 is 10.6 Å². The molecule has 1 saturated heterocycles. The van der Waals surface area contributed by atoms with Crippen molar-refractivity contribution in [1.82, 2.24) is 15.5 Å². The predicted molar refractivity (Wildman–Crippen MR) is 126 cm³/mol. The van der Waals surface area contributed by atoms with Gasteiger partial charge in [0.05, 0.1) is 25.9 Å². The fraction of sp³-hybridized carbons (Fsp3) is 0.480. The van der Waals surface area contributed by atoms with Gasteiger partial charge in [0.2, 0.25) is 0 Å². The predicted octanol–water partition coefficient (Wildman–Crippen LogP) is 2.78. The molecule has 31 heavy (non-hydrogen) atoms. The SMILES string of the molecule is CCNC(=NCC(O)COCc1ccccc1)NC1CC(C)N(Cc2ccccc2)C1. The van der Waals surface area contributed by atoms with E-state index < -0.39 is 6.10 Å². The number of nitrogens with zero attached hydrogens (tertiary/aromatic N) is 2. The van der Waals surface area contributed by atoms with Crippen molar-refractivity contribution in [3.8, 4) is 0 Å². The van der Waals surface area contributed by atoms with E-state index in [9.17, 15) is 5.11 Å². The topological polar surface area (TPSA) is 69.1 Å². The van der Waals surface area contributed by atoms with E-state index in [1.165, 1.54) is 5.56 Å². The molecule has 6 heteroatoms. The Hall–Kier alpha value is -2.41. The van der Waals surface area contributed by atoms with Crippen molar-refractivity contribution in [1.29, 1.82) is 0 Å². The molecule has 0 bridgehead atoms. The second kappa shape index (κ2) is 12.4. The molecule has 0 aliphatic carbocycles. The van der Waals surface area contributed by atoms with Crippen molar-refractivity contribution >= 4 is 5.96 Å². The van der Waals surface area contributed by atoms with Crippen LogP contribution in [0.5, 0.6) is 0 Å². The summed E-state index contributed by atoms with van der Waals surface area (Å²) in [6.07, 6.45) is 0.441. The summed E-state index contributed by atoms with van der Waals surface area (Å²) in [7, 11) is 0. The molecule has 3 atom stereocenters. The van der Waals surface area contributed by atoms with E-state index >= 15 is 0 Å². The molecule has 168 valence electrons. The third-order valence-electron chi connectivity index (χ3n) is 5.50. The summed E-state index contributed by atoms with van der Waals surface area (Å²) in [5.41, 5.74) is 2.44. The molecule has 1 aliphatic rings. The molecule has 3 unspecified atom stereocenters. The van der Waals surface area contributed by atoms with Gasteiger partial charge in [-0.1, -0.05) is 60.7 Å². The van der Waals surface area contributed by atoms with E-state index in [-0.39, 0.29) is 6.61 Å². The smallest absolute Gasteiger partial charge is 0.191 e. The highest BCUT2D eigenvalue weighted by Crippen LogP contribution is 2.20. The van der Waals surface area contributed by atoms with Gasteiger partial charge in [0.1, 0.15) is 0 Å². The Kier molecular flexibility index (Phi) is 9.34. The van der Waals surface area contributed by atoms with Gasteiger partial charge in [-0.05, 0) is 31.4 Å². The van der Waals surface area contributed by atoms with Crippen LogP contribution in [0.4, 0.5) is 0 Å². The zero-order valence-electron chi connectivity index (χ0n) is 18.7. The highest BCUT2D eigenvalue weighted by Gasteiger charge is 2.29. The lowest BCUT2D eigenvalue weighted by Crippen LogP contribution is -2.45. The number of aliphatic hydroxyl groups excluding tert-OH is 1. The molecule has 2 aromatic carbocycles. The zero-order chi connectivity index (χ0) is 21.9. The van der Waals surface area contributed by atoms with Crippen LogP contribution in [0.25, 0.3) is 0 Å². The number of guanidine groups is 1. The maximum absolute atomic E-state index is 10.3. The molecule has 0 spiro atoms. The van der Waals surface area contributed by atoms with Crippen molar-refractivity contribution in [3.05, 3.63) is 71.8 Å². The van der Waals surface area contributed by atoms with Crippen LogP contribution in [0, 0.1) is 0 Å². The van der Waals surface area contributed by atoms with Crippen LogP contribution in [0.1, 0.15) is 31.4 Å². The highest BCUT2D eigenvalue weighted by atomic mass is 16.5. The first-order valence-electron chi connectivity index (χ1n) is 11.3. The summed E-state index contributed by atoms with van der Waals surface area (Å²) in [4.78, 5) is 7.09.